The number of pyridine rings is 1. The lowest BCUT2D eigenvalue weighted by atomic mass is 10.1. The Morgan fingerprint density at radius 2 is 2.27 bits per heavy atom. The average Bonchev–Trinajstić information content (AvgIpc) is 2.67. The van der Waals surface area contributed by atoms with Crippen LogP contribution in [0.2, 0.25) is 0 Å². The lowest BCUT2D eigenvalue weighted by molar-refractivity contribution is 0.100. The first kappa shape index (κ1) is 9.86. The van der Waals surface area contributed by atoms with Crippen molar-refractivity contribution in [3.05, 3.63) is 58.4 Å². The number of carbonyl (C=O) groups is 1. The first-order valence-corrected chi connectivity index (χ1v) is 5.28. The van der Waals surface area contributed by atoms with Crippen LogP contribution in [0.25, 0.3) is 0 Å². The number of aromatic nitrogens is 1. The third-order valence-electron chi connectivity index (χ3n) is 1.93. The summed E-state index contributed by atoms with van der Waals surface area (Å²) in [6.45, 7) is 0. The molecule has 3 nitrogen and oxygen atoms in total. The Labute approximate surface area is 91.6 Å². The van der Waals surface area contributed by atoms with Crippen molar-refractivity contribution < 1.29 is 4.79 Å². The molecule has 0 saturated carbocycles. The molecule has 2 aromatic rings. The molecule has 0 saturated heterocycles. The molecular formula is C11H9N2OS. The number of nitrogens with two attached hydrogens (primary N) is 1. The molecule has 0 aliphatic rings. The summed E-state index contributed by atoms with van der Waals surface area (Å²) < 4.78 is 0. The molecule has 2 heterocycles. The molecular weight excluding hydrogens is 208 g/mol. The summed E-state index contributed by atoms with van der Waals surface area (Å²) in [5, 5.41) is 1.84. The van der Waals surface area contributed by atoms with Gasteiger partial charge in [-0.2, -0.15) is 0 Å². The summed E-state index contributed by atoms with van der Waals surface area (Å²) in [6.07, 6.45) is 3.56. The topological polar surface area (TPSA) is 56.0 Å². The second-order valence-corrected chi connectivity index (χ2v) is 3.91. The van der Waals surface area contributed by atoms with E-state index in [1.54, 1.807) is 12.3 Å². The Morgan fingerprint density at radius 3 is 2.93 bits per heavy atom. The molecule has 2 aromatic heterocycles. The first-order chi connectivity index (χ1) is 7.27. The summed E-state index contributed by atoms with van der Waals surface area (Å²) in [5.74, 6) is -0.404. The van der Waals surface area contributed by atoms with E-state index in [2.05, 4.69) is 4.98 Å². The van der Waals surface area contributed by atoms with Gasteiger partial charge >= 0.3 is 0 Å². The van der Waals surface area contributed by atoms with Gasteiger partial charge in [-0.25, -0.2) is 0 Å². The van der Waals surface area contributed by atoms with E-state index >= 15 is 0 Å². The third kappa shape index (κ3) is 2.22. The predicted molar refractivity (Wildman–Crippen MR) is 59.6 cm³/mol. The molecule has 2 N–H and O–H groups in total. The van der Waals surface area contributed by atoms with Crippen molar-refractivity contribution in [2.45, 2.75) is 0 Å². The van der Waals surface area contributed by atoms with Gasteiger partial charge in [-0.1, -0.05) is 6.07 Å². The molecule has 0 fully saturated rings. The molecule has 4 heteroatoms. The van der Waals surface area contributed by atoms with Crippen LogP contribution in [0.4, 0.5) is 0 Å². The van der Waals surface area contributed by atoms with Crippen LogP contribution in [-0.2, 0) is 0 Å². The number of hydrogen-bond donors (Lipinski definition) is 1. The predicted octanol–water partition coefficient (Wildman–Crippen LogP) is 1.84. The van der Waals surface area contributed by atoms with Crippen LogP contribution in [-0.4, -0.2) is 10.9 Å². The van der Waals surface area contributed by atoms with Crippen LogP contribution in [0.3, 0.4) is 0 Å². The maximum Gasteiger partial charge on any atom is 0.249 e. The second kappa shape index (κ2) is 4.23. The van der Waals surface area contributed by atoms with Gasteiger partial charge in [-0.05, 0) is 23.6 Å². The van der Waals surface area contributed by atoms with Crippen molar-refractivity contribution in [3.8, 4) is 0 Å². The number of hydrogen-bond acceptors (Lipinski definition) is 3. The number of rotatable bonds is 3. The van der Waals surface area contributed by atoms with Gasteiger partial charge < -0.3 is 5.73 Å². The number of primary amides is 1. The van der Waals surface area contributed by atoms with Gasteiger partial charge in [0.15, 0.2) is 0 Å². The number of amides is 1. The monoisotopic (exact) mass is 217 g/mol. The van der Waals surface area contributed by atoms with E-state index in [1.165, 1.54) is 11.3 Å². The lowest BCUT2D eigenvalue weighted by Gasteiger charge is -1.99. The van der Waals surface area contributed by atoms with Crippen LogP contribution in [0.1, 0.15) is 20.9 Å². The molecule has 15 heavy (non-hydrogen) atoms. The molecule has 0 aliphatic heterocycles. The normalized spacial score (nSPS) is 10.1. The smallest absolute Gasteiger partial charge is 0.249 e. The van der Waals surface area contributed by atoms with E-state index in [1.807, 2.05) is 30.0 Å². The average molecular weight is 217 g/mol. The van der Waals surface area contributed by atoms with Crippen LogP contribution in [0.5, 0.6) is 0 Å². The fraction of sp³-hybridized carbons (Fsp3) is 0. The molecule has 0 aliphatic carbocycles. The molecule has 0 bridgehead atoms. The summed E-state index contributed by atoms with van der Waals surface area (Å²) in [6, 6.07) is 7.35. The van der Waals surface area contributed by atoms with E-state index in [-0.39, 0.29) is 0 Å². The summed E-state index contributed by atoms with van der Waals surface area (Å²) in [7, 11) is 0. The highest BCUT2D eigenvalue weighted by Crippen LogP contribution is 2.20. The van der Waals surface area contributed by atoms with Crippen LogP contribution < -0.4 is 5.73 Å². The summed E-state index contributed by atoms with van der Waals surface area (Å²) in [4.78, 5) is 16.1. The van der Waals surface area contributed by atoms with Crippen LogP contribution >= 0.6 is 11.3 Å². The third-order valence-corrected chi connectivity index (χ3v) is 2.79. The lowest BCUT2D eigenvalue weighted by Crippen LogP contribution is -2.11. The minimum Gasteiger partial charge on any atom is -0.366 e. The van der Waals surface area contributed by atoms with Crippen molar-refractivity contribution in [1.29, 1.82) is 0 Å². The van der Waals surface area contributed by atoms with Gasteiger partial charge in [0.2, 0.25) is 5.91 Å². The number of thiophene rings is 1. The van der Waals surface area contributed by atoms with Gasteiger partial charge in [0.1, 0.15) is 0 Å². The van der Waals surface area contributed by atoms with Crippen LogP contribution in [0, 0.1) is 6.42 Å². The minimum atomic E-state index is -0.404. The van der Waals surface area contributed by atoms with Gasteiger partial charge in [0.25, 0.3) is 0 Å². The van der Waals surface area contributed by atoms with Crippen molar-refractivity contribution in [2.24, 2.45) is 5.73 Å². The minimum absolute atomic E-state index is 0.404. The SMILES string of the molecule is NC(=O)c1ccsc1[CH]c1ccccn1. The second-order valence-electron chi connectivity index (χ2n) is 2.96. The van der Waals surface area contributed by atoms with Crippen LogP contribution in [0.15, 0.2) is 35.8 Å². The zero-order chi connectivity index (χ0) is 10.7. The fourth-order valence-corrected chi connectivity index (χ4v) is 2.07. The van der Waals surface area contributed by atoms with Crippen molar-refractivity contribution in [3.63, 3.8) is 0 Å². The largest absolute Gasteiger partial charge is 0.366 e. The van der Waals surface area contributed by atoms with E-state index in [0.717, 1.165) is 10.6 Å². The van der Waals surface area contributed by atoms with Gasteiger partial charge in [-0.3, -0.25) is 9.78 Å². The molecule has 1 radical (unpaired) electrons. The zero-order valence-electron chi connectivity index (χ0n) is 7.88. The maximum atomic E-state index is 11.1. The van der Waals surface area contributed by atoms with Gasteiger partial charge in [-0.15, -0.1) is 11.3 Å². The molecule has 1 amide bonds. The number of nitrogens with zero attached hydrogens (tertiary/aromatic N) is 1. The van der Waals surface area contributed by atoms with Crippen molar-refractivity contribution in [1.82, 2.24) is 4.98 Å². The molecule has 0 spiro atoms. The van der Waals surface area contributed by atoms with E-state index < -0.39 is 5.91 Å². The Balaban J connectivity index is 2.25. The Bertz CT molecular complexity index is 464. The molecule has 2 rings (SSSR count). The first-order valence-electron chi connectivity index (χ1n) is 4.40. The maximum absolute atomic E-state index is 11.1. The molecule has 0 unspecified atom stereocenters. The highest BCUT2D eigenvalue weighted by molar-refractivity contribution is 7.10. The molecule has 0 aromatic carbocycles. The molecule has 75 valence electrons. The van der Waals surface area contributed by atoms with E-state index in [0.29, 0.717) is 5.56 Å². The summed E-state index contributed by atoms with van der Waals surface area (Å²) in [5.41, 5.74) is 6.61. The molecule has 0 atom stereocenters. The summed E-state index contributed by atoms with van der Waals surface area (Å²) >= 11 is 1.48. The standard InChI is InChI=1S/C11H9N2OS/c12-11(14)9-4-6-15-10(9)7-8-3-1-2-5-13-8/h1-7H,(H2,12,14). The highest BCUT2D eigenvalue weighted by Gasteiger charge is 2.10. The number of carbonyl (C=O) groups excluding carboxylic acids is 1. The van der Waals surface area contributed by atoms with E-state index in [4.69, 9.17) is 5.73 Å². The van der Waals surface area contributed by atoms with Crippen molar-refractivity contribution >= 4 is 17.2 Å². The van der Waals surface area contributed by atoms with Gasteiger partial charge in [0.05, 0.1) is 5.56 Å². The zero-order valence-corrected chi connectivity index (χ0v) is 8.70. The Kier molecular flexibility index (Phi) is 2.78. The Hall–Kier alpha value is -1.68. The fourth-order valence-electron chi connectivity index (χ4n) is 1.23. The van der Waals surface area contributed by atoms with Gasteiger partial charge in [0, 0.05) is 23.2 Å². The highest BCUT2D eigenvalue weighted by atomic mass is 32.1. The van der Waals surface area contributed by atoms with Crippen molar-refractivity contribution in [2.75, 3.05) is 0 Å². The van der Waals surface area contributed by atoms with E-state index in [9.17, 15) is 4.79 Å². The quantitative estimate of drug-likeness (QED) is 0.852. The Morgan fingerprint density at radius 1 is 1.40 bits per heavy atom.